The lowest BCUT2D eigenvalue weighted by Gasteiger charge is -2.38. The van der Waals surface area contributed by atoms with Gasteiger partial charge in [-0.2, -0.15) is 0 Å². The molecule has 16 heavy (non-hydrogen) atoms. The fourth-order valence-electron chi connectivity index (χ4n) is 2.22. The highest BCUT2D eigenvalue weighted by Crippen LogP contribution is 2.25. The van der Waals surface area contributed by atoms with E-state index < -0.39 is 0 Å². The molecule has 0 aromatic heterocycles. The second-order valence-corrected chi connectivity index (χ2v) is 6.42. The fourth-order valence-corrected chi connectivity index (χ4v) is 2.22. The zero-order chi connectivity index (χ0) is 12.2. The third-order valence-electron chi connectivity index (χ3n) is 3.80. The van der Waals surface area contributed by atoms with Crippen molar-refractivity contribution >= 4 is 0 Å². The van der Waals surface area contributed by atoms with Crippen molar-refractivity contribution in [2.75, 3.05) is 13.6 Å². The van der Waals surface area contributed by atoms with Gasteiger partial charge in [-0.1, -0.05) is 6.42 Å². The average Bonchev–Trinajstić information content (AvgIpc) is 2.07. The molecule has 0 saturated heterocycles. The minimum atomic E-state index is 0.267. The summed E-state index contributed by atoms with van der Waals surface area (Å²) in [5.74, 6) is 0. The van der Waals surface area contributed by atoms with Crippen LogP contribution in [0.15, 0.2) is 0 Å². The first-order valence-electron chi connectivity index (χ1n) is 6.87. The third kappa shape index (κ3) is 4.84. The van der Waals surface area contributed by atoms with Crippen LogP contribution in [0.25, 0.3) is 0 Å². The molecular weight excluding hydrogens is 196 g/mol. The molecule has 0 heterocycles. The first kappa shape index (κ1) is 14.0. The van der Waals surface area contributed by atoms with E-state index in [2.05, 4.69) is 45.0 Å². The first-order chi connectivity index (χ1) is 7.40. The Morgan fingerprint density at radius 1 is 1.31 bits per heavy atom. The molecule has 2 heteroatoms. The van der Waals surface area contributed by atoms with Gasteiger partial charge in [0.05, 0.1) is 0 Å². The van der Waals surface area contributed by atoms with Crippen molar-refractivity contribution in [1.29, 1.82) is 0 Å². The Kier molecular flexibility index (Phi) is 5.26. The van der Waals surface area contributed by atoms with Crippen molar-refractivity contribution in [2.24, 2.45) is 0 Å². The molecule has 0 aromatic rings. The zero-order valence-corrected chi connectivity index (χ0v) is 11.8. The topological polar surface area (TPSA) is 15.3 Å². The largest absolute Gasteiger partial charge is 0.312 e. The summed E-state index contributed by atoms with van der Waals surface area (Å²) in [6.07, 6.45) is 6.88. The Morgan fingerprint density at radius 2 is 1.94 bits per heavy atom. The lowest BCUT2D eigenvalue weighted by molar-refractivity contribution is 0.112. The molecule has 1 rings (SSSR count). The van der Waals surface area contributed by atoms with Crippen molar-refractivity contribution < 1.29 is 0 Å². The molecule has 2 nitrogen and oxygen atoms in total. The van der Waals surface area contributed by atoms with E-state index in [1.54, 1.807) is 0 Å². The van der Waals surface area contributed by atoms with E-state index in [9.17, 15) is 0 Å². The molecule has 0 amide bonds. The average molecular weight is 226 g/mol. The molecule has 0 radical (unpaired) electrons. The summed E-state index contributed by atoms with van der Waals surface area (Å²) >= 11 is 0. The van der Waals surface area contributed by atoms with Crippen molar-refractivity contribution in [3.05, 3.63) is 0 Å². The number of nitrogens with zero attached hydrogens (tertiary/aromatic N) is 1. The molecule has 1 aliphatic carbocycles. The SMILES string of the molecule is CC(CCCNC(C)(C)C)N(C)C1CCC1. The Labute approximate surface area is 102 Å². The Morgan fingerprint density at radius 3 is 2.38 bits per heavy atom. The van der Waals surface area contributed by atoms with Gasteiger partial charge in [0.2, 0.25) is 0 Å². The summed E-state index contributed by atoms with van der Waals surface area (Å²) in [4.78, 5) is 2.58. The lowest BCUT2D eigenvalue weighted by Crippen LogP contribution is -2.43. The van der Waals surface area contributed by atoms with Crippen LogP contribution in [0.2, 0.25) is 0 Å². The monoisotopic (exact) mass is 226 g/mol. The van der Waals surface area contributed by atoms with Gasteiger partial charge in [-0.15, -0.1) is 0 Å². The number of rotatable bonds is 6. The predicted octanol–water partition coefficient (Wildman–Crippen LogP) is 3.03. The van der Waals surface area contributed by atoms with E-state index in [-0.39, 0.29) is 5.54 Å². The quantitative estimate of drug-likeness (QED) is 0.700. The summed E-state index contributed by atoms with van der Waals surface area (Å²) in [6.45, 7) is 10.2. The van der Waals surface area contributed by atoms with Gasteiger partial charge in [0, 0.05) is 17.6 Å². The standard InChI is InChI=1S/C14H30N2/c1-12(16(5)13-9-6-10-13)8-7-11-15-14(2,3)4/h12-13,15H,6-11H2,1-5H3. The van der Waals surface area contributed by atoms with Crippen LogP contribution in [0.4, 0.5) is 0 Å². The Balaban J connectivity index is 2.07. The normalized spacial score (nSPS) is 19.9. The molecule has 96 valence electrons. The smallest absolute Gasteiger partial charge is 0.00965 e. The molecule has 1 unspecified atom stereocenters. The van der Waals surface area contributed by atoms with Gasteiger partial charge < -0.3 is 10.2 Å². The van der Waals surface area contributed by atoms with Gasteiger partial charge in [0.15, 0.2) is 0 Å². The van der Waals surface area contributed by atoms with Crippen LogP contribution in [0.1, 0.15) is 59.8 Å². The van der Waals surface area contributed by atoms with Crippen molar-refractivity contribution in [2.45, 2.75) is 77.4 Å². The van der Waals surface area contributed by atoms with E-state index in [1.165, 1.54) is 32.1 Å². The summed E-state index contributed by atoms with van der Waals surface area (Å²) in [5, 5.41) is 3.55. The lowest BCUT2D eigenvalue weighted by atomic mass is 9.90. The van der Waals surface area contributed by atoms with Crippen LogP contribution < -0.4 is 5.32 Å². The third-order valence-corrected chi connectivity index (χ3v) is 3.80. The second-order valence-electron chi connectivity index (χ2n) is 6.42. The molecule has 1 aliphatic rings. The van der Waals surface area contributed by atoms with Gasteiger partial charge in [0.25, 0.3) is 0 Å². The maximum Gasteiger partial charge on any atom is 0.00965 e. The summed E-state index contributed by atoms with van der Waals surface area (Å²) < 4.78 is 0. The van der Waals surface area contributed by atoms with Gasteiger partial charge in [0.1, 0.15) is 0 Å². The van der Waals surface area contributed by atoms with E-state index in [1.807, 2.05) is 0 Å². The second kappa shape index (κ2) is 6.02. The molecule has 1 N–H and O–H groups in total. The molecule has 0 spiro atoms. The predicted molar refractivity (Wildman–Crippen MR) is 71.9 cm³/mol. The van der Waals surface area contributed by atoms with Crippen molar-refractivity contribution in [1.82, 2.24) is 10.2 Å². The van der Waals surface area contributed by atoms with Gasteiger partial charge in [-0.05, 0) is 67.0 Å². The van der Waals surface area contributed by atoms with Gasteiger partial charge in [-0.25, -0.2) is 0 Å². The van der Waals surface area contributed by atoms with Crippen LogP contribution >= 0.6 is 0 Å². The highest BCUT2D eigenvalue weighted by atomic mass is 15.2. The molecule has 1 atom stereocenters. The van der Waals surface area contributed by atoms with Crippen LogP contribution in [0.5, 0.6) is 0 Å². The van der Waals surface area contributed by atoms with Crippen LogP contribution in [-0.2, 0) is 0 Å². The van der Waals surface area contributed by atoms with Gasteiger partial charge >= 0.3 is 0 Å². The molecule has 0 aromatic carbocycles. The minimum Gasteiger partial charge on any atom is -0.312 e. The van der Waals surface area contributed by atoms with Crippen LogP contribution in [0.3, 0.4) is 0 Å². The van der Waals surface area contributed by atoms with Crippen LogP contribution in [0, 0.1) is 0 Å². The Hall–Kier alpha value is -0.0800. The summed E-state index contributed by atoms with van der Waals surface area (Å²) in [6, 6.07) is 1.62. The molecule has 0 bridgehead atoms. The number of hydrogen-bond donors (Lipinski definition) is 1. The van der Waals surface area contributed by atoms with Crippen LogP contribution in [-0.4, -0.2) is 36.1 Å². The summed E-state index contributed by atoms with van der Waals surface area (Å²) in [7, 11) is 2.30. The minimum absolute atomic E-state index is 0.267. The molecule has 1 fully saturated rings. The first-order valence-corrected chi connectivity index (χ1v) is 6.87. The van der Waals surface area contributed by atoms with E-state index in [4.69, 9.17) is 0 Å². The fraction of sp³-hybridized carbons (Fsp3) is 1.00. The van der Waals surface area contributed by atoms with Crippen molar-refractivity contribution in [3.8, 4) is 0 Å². The van der Waals surface area contributed by atoms with E-state index >= 15 is 0 Å². The Bertz CT molecular complexity index is 191. The molecule has 1 saturated carbocycles. The maximum atomic E-state index is 3.55. The number of nitrogens with one attached hydrogen (secondary N) is 1. The maximum absolute atomic E-state index is 3.55. The highest BCUT2D eigenvalue weighted by Gasteiger charge is 2.24. The van der Waals surface area contributed by atoms with E-state index in [0.29, 0.717) is 0 Å². The van der Waals surface area contributed by atoms with Crippen molar-refractivity contribution in [3.63, 3.8) is 0 Å². The highest BCUT2D eigenvalue weighted by molar-refractivity contribution is 4.81. The van der Waals surface area contributed by atoms with E-state index in [0.717, 1.165) is 18.6 Å². The summed E-state index contributed by atoms with van der Waals surface area (Å²) in [5.41, 5.74) is 0.267. The van der Waals surface area contributed by atoms with Gasteiger partial charge in [-0.3, -0.25) is 0 Å². The zero-order valence-electron chi connectivity index (χ0n) is 11.8. The number of hydrogen-bond acceptors (Lipinski definition) is 2. The molecule has 0 aliphatic heterocycles. The molecular formula is C14H30N2.